The van der Waals surface area contributed by atoms with Gasteiger partial charge in [0, 0.05) is 30.8 Å². The lowest BCUT2D eigenvalue weighted by molar-refractivity contribution is -0.384. The summed E-state index contributed by atoms with van der Waals surface area (Å²) in [5.74, 6) is 1.49. The van der Waals surface area contributed by atoms with Gasteiger partial charge >= 0.3 is 0 Å². The summed E-state index contributed by atoms with van der Waals surface area (Å²) in [7, 11) is 3.03. The molecule has 8 heteroatoms. The van der Waals surface area contributed by atoms with Gasteiger partial charge in [-0.25, -0.2) is 0 Å². The van der Waals surface area contributed by atoms with Crippen molar-refractivity contribution in [3.63, 3.8) is 0 Å². The summed E-state index contributed by atoms with van der Waals surface area (Å²) in [4.78, 5) is 26.1. The van der Waals surface area contributed by atoms with Crippen LogP contribution in [0.15, 0.2) is 36.4 Å². The largest absolute Gasteiger partial charge is 0.497 e. The van der Waals surface area contributed by atoms with E-state index in [9.17, 15) is 14.9 Å². The molecule has 30 heavy (non-hydrogen) atoms. The number of carbonyl (C=O) groups is 1. The highest BCUT2D eigenvalue weighted by Crippen LogP contribution is 2.34. The van der Waals surface area contributed by atoms with E-state index < -0.39 is 10.8 Å². The molecular formula is C22H27N3O5. The third kappa shape index (κ3) is 4.64. The van der Waals surface area contributed by atoms with Crippen molar-refractivity contribution in [1.29, 1.82) is 0 Å². The Morgan fingerprint density at radius 2 is 1.80 bits per heavy atom. The van der Waals surface area contributed by atoms with Crippen LogP contribution in [0.3, 0.4) is 0 Å². The molecule has 2 aromatic carbocycles. The standard InChI is InChI=1S/C22H27N3O5/c1-14-9-15(2)13-24(12-14)19-8-5-16(10-20(19)25(27)28)22(26)23-18-7-6-17(29-3)11-21(18)30-4/h5-8,10-11,14-15H,9,12-13H2,1-4H3,(H,23,26). The molecule has 1 aliphatic heterocycles. The molecule has 1 fully saturated rings. The van der Waals surface area contributed by atoms with Crippen molar-refractivity contribution < 1.29 is 19.2 Å². The van der Waals surface area contributed by atoms with Crippen molar-refractivity contribution in [1.82, 2.24) is 0 Å². The Morgan fingerprint density at radius 1 is 1.10 bits per heavy atom. The van der Waals surface area contributed by atoms with Crippen molar-refractivity contribution in [2.75, 3.05) is 37.5 Å². The molecule has 1 amide bonds. The summed E-state index contributed by atoms with van der Waals surface area (Å²) >= 11 is 0. The number of benzene rings is 2. The maximum atomic E-state index is 12.8. The van der Waals surface area contributed by atoms with Crippen LogP contribution < -0.4 is 19.7 Å². The molecule has 1 aliphatic rings. The first-order valence-corrected chi connectivity index (χ1v) is 9.89. The Bertz CT molecular complexity index is 936. The van der Waals surface area contributed by atoms with E-state index in [0.29, 0.717) is 34.7 Å². The number of piperidine rings is 1. The minimum absolute atomic E-state index is 0.0642. The fraction of sp³-hybridized carbons (Fsp3) is 0.409. The van der Waals surface area contributed by atoms with E-state index in [-0.39, 0.29) is 11.3 Å². The van der Waals surface area contributed by atoms with Gasteiger partial charge in [0.15, 0.2) is 0 Å². The minimum atomic E-state index is -0.450. The van der Waals surface area contributed by atoms with Gasteiger partial charge in [-0.15, -0.1) is 0 Å². The summed E-state index contributed by atoms with van der Waals surface area (Å²) < 4.78 is 10.5. The molecule has 160 valence electrons. The molecule has 2 unspecified atom stereocenters. The number of rotatable bonds is 6. The second-order valence-electron chi connectivity index (χ2n) is 7.83. The van der Waals surface area contributed by atoms with Crippen LogP contribution in [-0.4, -0.2) is 38.1 Å². The van der Waals surface area contributed by atoms with Gasteiger partial charge in [-0.05, 0) is 42.5 Å². The molecule has 0 spiro atoms. The first-order valence-electron chi connectivity index (χ1n) is 9.89. The molecule has 0 aliphatic carbocycles. The van der Waals surface area contributed by atoms with Crippen molar-refractivity contribution in [2.24, 2.45) is 11.8 Å². The fourth-order valence-corrected chi connectivity index (χ4v) is 4.03. The average Bonchev–Trinajstić information content (AvgIpc) is 2.72. The van der Waals surface area contributed by atoms with Gasteiger partial charge in [-0.2, -0.15) is 0 Å². The van der Waals surface area contributed by atoms with Gasteiger partial charge in [0.1, 0.15) is 17.2 Å². The molecule has 2 atom stereocenters. The van der Waals surface area contributed by atoms with Crippen LogP contribution >= 0.6 is 0 Å². The SMILES string of the molecule is COc1ccc(NC(=O)c2ccc(N3CC(C)CC(C)C3)c([N+](=O)[O-])c2)c(OC)c1. The van der Waals surface area contributed by atoms with Crippen LogP contribution in [0.5, 0.6) is 11.5 Å². The van der Waals surface area contributed by atoms with Crippen LogP contribution in [0, 0.1) is 22.0 Å². The third-order valence-electron chi connectivity index (χ3n) is 5.30. The van der Waals surface area contributed by atoms with Crippen LogP contribution in [0.1, 0.15) is 30.6 Å². The molecule has 1 saturated heterocycles. The van der Waals surface area contributed by atoms with Crippen molar-refractivity contribution >= 4 is 23.0 Å². The van der Waals surface area contributed by atoms with E-state index in [0.717, 1.165) is 19.5 Å². The van der Waals surface area contributed by atoms with Gasteiger partial charge in [0.2, 0.25) is 0 Å². The lowest BCUT2D eigenvalue weighted by Gasteiger charge is -2.36. The number of nitro groups is 1. The number of amides is 1. The highest BCUT2D eigenvalue weighted by Gasteiger charge is 2.28. The fourth-order valence-electron chi connectivity index (χ4n) is 4.03. The van der Waals surface area contributed by atoms with Crippen molar-refractivity contribution in [3.8, 4) is 11.5 Å². The number of nitro benzene ring substituents is 1. The zero-order chi connectivity index (χ0) is 21.8. The maximum Gasteiger partial charge on any atom is 0.293 e. The topological polar surface area (TPSA) is 93.9 Å². The van der Waals surface area contributed by atoms with Gasteiger partial charge in [0.25, 0.3) is 11.6 Å². The summed E-state index contributed by atoms with van der Waals surface area (Å²) in [6, 6.07) is 9.64. The normalized spacial score (nSPS) is 18.6. The predicted octanol–water partition coefficient (Wildman–Crippen LogP) is 4.35. The summed E-state index contributed by atoms with van der Waals surface area (Å²) in [5.41, 5.74) is 1.15. The number of methoxy groups -OCH3 is 2. The highest BCUT2D eigenvalue weighted by molar-refractivity contribution is 6.06. The first-order chi connectivity index (χ1) is 14.3. The number of anilines is 2. The van der Waals surface area contributed by atoms with Crippen LogP contribution in [-0.2, 0) is 0 Å². The molecular weight excluding hydrogens is 386 g/mol. The van der Waals surface area contributed by atoms with Gasteiger partial charge in [0.05, 0.1) is 24.8 Å². The smallest absolute Gasteiger partial charge is 0.293 e. The Hall–Kier alpha value is -3.29. The van der Waals surface area contributed by atoms with E-state index in [2.05, 4.69) is 19.2 Å². The number of nitrogens with one attached hydrogen (secondary N) is 1. The summed E-state index contributed by atoms with van der Waals surface area (Å²) in [6.07, 6.45) is 1.11. The van der Waals surface area contributed by atoms with Crippen LogP contribution in [0.4, 0.5) is 17.1 Å². The van der Waals surface area contributed by atoms with E-state index in [1.807, 2.05) is 4.90 Å². The predicted molar refractivity (Wildman–Crippen MR) is 116 cm³/mol. The average molecular weight is 413 g/mol. The monoisotopic (exact) mass is 413 g/mol. The molecule has 3 rings (SSSR count). The van der Waals surface area contributed by atoms with Gasteiger partial charge in [-0.1, -0.05) is 13.8 Å². The zero-order valence-corrected chi connectivity index (χ0v) is 17.7. The lowest BCUT2D eigenvalue weighted by atomic mass is 9.91. The third-order valence-corrected chi connectivity index (χ3v) is 5.30. The number of hydrogen-bond donors (Lipinski definition) is 1. The van der Waals surface area contributed by atoms with Crippen LogP contribution in [0.25, 0.3) is 0 Å². The quantitative estimate of drug-likeness (QED) is 0.559. The molecule has 1 N–H and O–H groups in total. The first kappa shape index (κ1) is 21.4. The molecule has 1 heterocycles. The van der Waals surface area contributed by atoms with E-state index in [1.165, 1.54) is 20.3 Å². The molecule has 2 aromatic rings. The van der Waals surface area contributed by atoms with E-state index >= 15 is 0 Å². The molecule has 0 radical (unpaired) electrons. The Balaban J connectivity index is 1.87. The Morgan fingerprint density at radius 3 is 2.40 bits per heavy atom. The Labute approximate surface area is 175 Å². The van der Waals surface area contributed by atoms with Crippen molar-refractivity contribution in [3.05, 3.63) is 52.1 Å². The molecule has 0 aromatic heterocycles. The summed E-state index contributed by atoms with van der Waals surface area (Å²) in [5, 5.41) is 14.5. The lowest BCUT2D eigenvalue weighted by Crippen LogP contribution is -2.39. The highest BCUT2D eigenvalue weighted by atomic mass is 16.6. The minimum Gasteiger partial charge on any atom is -0.497 e. The van der Waals surface area contributed by atoms with Gasteiger partial charge < -0.3 is 19.7 Å². The molecule has 0 saturated carbocycles. The number of carbonyl (C=O) groups excluding carboxylic acids is 1. The zero-order valence-electron chi connectivity index (χ0n) is 17.7. The number of nitrogens with zero attached hydrogens (tertiary/aromatic N) is 2. The maximum absolute atomic E-state index is 12.8. The second-order valence-corrected chi connectivity index (χ2v) is 7.83. The second kappa shape index (κ2) is 9.02. The number of ether oxygens (including phenoxy) is 2. The van der Waals surface area contributed by atoms with E-state index in [4.69, 9.17) is 9.47 Å². The van der Waals surface area contributed by atoms with Crippen molar-refractivity contribution in [2.45, 2.75) is 20.3 Å². The summed E-state index contributed by atoms with van der Waals surface area (Å²) in [6.45, 7) is 5.83. The van der Waals surface area contributed by atoms with E-state index in [1.54, 1.807) is 30.3 Å². The Kier molecular flexibility index (Phi) is 6.44. The van der Waals surface area contributed by atoms with Gasteiger partial charge in [-0.3, -0.25) is 14.9 Å². The molecule has 8 nitrogen and oxygen atoms in total. The molecule has 0 bridgehead atoms. The van der Waals surface area contributed by atoms with Crippen LogP contribution in [0.2, 0.25) is 0 Å². The number of hydrogen-bond acceptors (Lipinski definition) is 6.